The normalized spacial score (nSPS) is 7.45. The van der Waals surface area contributed by atoms with Crippen molar-refractivity contribution in [2.75, 3.05) is 0 Å². The van der Waals surface area contributed by atoms with E-state index in [1.54, 1.807) is 6.07 Å². The van der Waals surface area contributed by atoms with Gasteiger partial charge in [-0.15, -0.1) is 9.94 Å². The molecule has 11 heavy (non-hydrogen) atoms. The first-order chi connectivity index (χ1) is 4.29. The minimum atomic E-state index is -2.31. The Kier molecular flexibility index (Phi) is 12.7. The van der Waals surface area contributed by atoms with Gasteiger partial charge in [0.2, 0.25) is 0 Å². The Bertz CT molecular complexity index is 171. The van der Waals surface area contributed by atoms with Crippen LogP contribution in [-0.4, -0.2) is 17.3 Å². The largest absolute Gasteiger partial charge is 1.00 e. The average molecular weight is 204 g/mol. The molecule has 8 heteroatoms. The summed E-state index contributed by atoms with van der Waals surface area (Å²) in [5, 5.41) is 23.0. The monoisotopic (exact) mass is 204 g/mol. The standard InChI is InChI=1S/C3H3BN2O3.2K/c7-4(8)9-6-3-1-2-5-6;;/h1-3H;;/q-2;2*+1. The molecule has 0 aromatic carbocycles. The second kappa shape index (κ2) is 8.85. The SMILES string of the molecule is [K+].[K+].[O-]B([O-])On1cccn1. The van der Waals surface area contributed by atoms with Gasteiger partial charge in [0.25, 0.3) is 0 Å². The van der Waals surface area contributed by atoms with Crippen molar-refractivity contribution in [3.8, 4) is 0 Å². The van der Waals surface area contributed by atoms with Gasteiger partial charge in [-0.2, -0.15) is 0 Å². The van der Waals surface area contributed by atoms with Crippen LogP contribution in [0.3, 0.4) is 0 Å². The van der Waals surface area contributed by atoms with E-state index in [1.165, 1.54) is 12.4 Å². The fourth-order valence-corrected chi connectivity index (χ4v) is 0.405. The van der Waals surface area contributed by atoms with Gasteiger partial charge < -0.3 is 14.8 Å². The van der Waals surface area contributed by atoms with Crippen LogP contribution in [-0.2, 0) is 0 Å². The van der Waals surface area contributed by atoms with E-state index in [-0.39, 0.29) is 103 Å². The summed E-state index contributed by atoms with van der Waals surface area (Å²) in [6.45, 7) is 0. The summed E-state index contributed by atoms with van der Waals surface area (Å²) < 4.78 is 4.05. The van der Waals surface area contributed by atoms with Gasteiger partial charge >= 0.3 is 103 Å². The molecule has 0 atom stereocenters. The zero-order chi connectivity index (χ0) is 6.69. The summed E-state index contributed by atoms with van der Waals surface area (Å²) in [6, 6.07) is 1.54. The van der Waals surface area contributed by atoms with Crippen molar-refractivity contribution >= 4 is 7.32 Å². The average Bonchev–Trinajstić information content (AvgIpc) is 2.15. The van der Waals surface area contributed by atoms with E-state index in [0.717, 1.165) is 4.85 Å². The Morgan fingerprint density at radius 2 is 2.00 bits per heavy atom. The van der Waals surface area contributed by atoms with E-state index >= 15 is 0 Å². The molecule has 0 saturated heterocycles. The van der Waals surface area contributed by atoms with Crippen molar-refractivity contribution in [2.24, 2.45) is 0 Å². The summed E-state index contributed by atoms with van der Waals surface area (Å²) in [6.07, 6.45) is 2.77. The van der Waals surface area contributed by atoms with Crippen LogP contribution >= 0.6 is 0 Å². The molecular weight excluding hydrogens is 201 g/mol. The summed E-state index contributed by atoms with van der Waals surface area (Å²) in [4.78, 5) is 0.824. The van der Waals surface area contributed by atoms with Crippen molar-refractivity contribution in [3.63, 3.8) is 0 Å². The molecule has 0 aliphatic heterocycles. The fourth-order valence-electron chi connectivity index (χ4n) is 0.405. The van der Waals surface area contributed by atoms with Gasteiger partial charge in [-0.05, 0) is 6.07 Å². The molecule has 1 aromatic rings. The molecule has 1 aromatic heterocycles. The van der Waals surface area contributed by atoms with Crippen LogP contribution in [0.5, 0.6) is 0 Å². The maximum absolute atomic E-state index is 9.76. The molecule has 0 saturated carbocycles. The maximum atomic E-state index is 9.76. The zero-order valence-electron chi connectivity index (χ0n) is 6.43. The van der Waals surface area contributed by atoms with Crippen molar-refractivity contribution in [2.45, 2.75) is 0 Å². The number of aromatic nitrogens is 2. The van der Waals surface area contributed by atoms with Gasteiger partial charge in [0.1, 0.15) is 0 Å². The zero-order valence-corrected chi connectivity index (χ0v) is 12.7. The number of hydrogen-bond acceptors (Lipinski definition) is 4. The smallest absolute Gasteiger partial charge is 0.858 e. The molecule has 0 aliphatic rings. The molecule has 0 N–H and O–H groups in total. The minimum Gasteiger partial charge on any atom is -0.858 e. The molecule has 0 bridgehead atoms. The molecular formula is C3H3BK2N2O3. The molecule has 0 fully saturated rings. The van der Waals surface area contributed by atoms with E-state index in [1.807, 2.05) is 0 Å². The summed E-state index contributed by atoms with van der Waals surface area (Å²) in [7, 11) is -2.31. The van der Waals surface area contributed by atoms with Crippen LogP contribution < -0.4 is 118 Å². The number of nitrogens with zero attached hydrogens (tertiary/aromatic N) is 2. The second-order valence-electron chi connectivity index (χ2n) is 1.30. The summed E-state index contributed by atoms with van der Waals surface area (Å²) >= 11 is 0. The number of rotatable bonds is 2. The van der Waals surface area contributed by atoms with Gasteiger partial charge in [-0.1, -0.05) is 0 Å². The van der Waals surface area contributed by atoms with Crippen molar-refractivity contribution in [1.82, 2.24) is 9.94 Å². The molecule has 1 heterocycles. The predicted octanol–water partition coefficient (Wildman–Crippen LogP) is -8.97. The first-order valence-corrected chi connectivity index (χ1v) is 2.27. The van der Waals surface area contributed by atoms with Crippen molar-refractivity contribution < 1.29 is 118 Å². The molecule has 0 spiro atoms. The van der Waals surface area contributed by atoms with E-state index < -0.39 is 7.32 Å². The summed E-state index contributed by atoms with van der Waals surface area (Å²) in [5.41, 5.74) is 0. The van der Waals surface area contributed by atoms with Crippen LogP contribution in [0.25, 0.3) is 0 Å². The molecule has 0 radical (unpaired) electrons. The Morgan fingerprint density at radius 1 is 1.36 bits per heavy atom. The summed E-state index contributed by atoms with van der Waals surface area (Å²) in [5.74, 6) is 0. The van der Waals surface area contributed by atoms with Crippen molar-refractivity contribution in [3.05, 3.63) is 18.5 Å². The van der Waals surface area contributed by atoms with Crippen molar-refractivity contribution in [1.29, 1.82) is 0 Å². The van der Waals surface area contributed by atoms with Crippen LogP contribution in [0.15, 0.2) is 18.5 Å². The van der Waals surface area contributed by atoms with E-state index in [2.05, 4.69) is 9.85 Å². The Balaban J connectivity index is 0. The first-order valence-electron chi connectivity index (χ1n) is 2.27. The number of hydrogen-bond donors (Lipinski definition) is 0. The second-order valence-corrected chi connectivity index (χ2v) is 1.30. The van der Waals surface area contributed by atoms with E-state index in [9.17, 15) is 10.0 Å². The molecule has 0 amide bonds. The van der Waals surface area contributed by atoms with Gasteiger partial charge in [-0.25, -0.2) is 0 Å². The third kappa shape index (κ3) is 7.35. The molecule has 0 aliphatic carbocycles. The first kappa shape index (κ1) is 15.7. The van der Waals surface area contributed by atoms with Crippen LogP contribution in [0.4, 0.5) is 0 Å². The minimum absolute atomic E-state index is 0. The van der Waals surface area contributed by atoms with Crippen LogP contribution in [0.1, 0.15) is 0 Å². The Hall–Kier alpha value is 2.27. The van der Waals surface area contributed by atoms with Gasteiger partial charge in [0, 0.05) is 0 Å². The Morgan fingerprint density at radius 3 is 2.36 bits per heavy atom. The van der Waals surface area contributed by atoms with Gasteiger partial charge in [0.05, 0.1) is 12.4 Å². The van der Waals surface area contributed by atoms with Gasteiger partial charge in [0.15, 0.2) is 7.32 Å². The Labute approximate surface area is 149 Å². The third-order valence-electron chi connectivity index (χ3n) is 0.674. The molecule has 1 rings (SSSR count). The van der Waals surface area contributed by atoms with Crippen LogP contribution in [0.2, 0.25) is 0 Å². The topological polar surface area (TPSA) is 73.2 Å². The predicted molar refractivity (Wildman–Crippen MR) is 24.6 cm³/mol. The molecule has 5 nitrogen and oxygen atoms in total. The fraction of sp³-hybridized carbons (Fsp3) is 0. The van der Waals surface area contributed by atoms with Gasteiger partial charge in [-0.3, -0.25) is 0 Å². The quantitative estimate of drug-likeness (QED) is 0.448. The van der Waals surface area contributed by atoms with Crippen LogP contribution in [0, 0.1) is 0 Å². The third-order valence-corrected chi connectivity index (χ3v) is 0.674. The molecule has 0 unspecified atom stereocenters. The van der Waals surface area contributed by atoms with E-state index in [4.69, 9.17) is 0 Å². The van der Waals surface area contributed by atoms with E-state index in [0.29, 0.717) is 0 Å². The molecule has 48 valence electrons. The maximum Gasteiger partial charge on any atom is 1.00 e.